The van der Waals surface area contributed by atoms with Crippen LogP contribution in [-0.2, 0) is 14.3 Å². The van der Waals surface area contributed by atoms with Gasteiger partial charge in [0.2, 0.25) is 11.8 Å². The monoisotopic (exact) mass is 426 g/mol. The third-order valence-corrected chi connectivity index (χ3v) is 4.77. The van der Waals surface area contributed by atoms with Crippen molar-refractivity contribution in [1.82, 2.24) is 4.90 Å². The minimum absolute atomic E-state index is 0.0237. The summed E-state index contributed by atoms with van der Waals surface area (Å²) in [5.41, 5.74) is 1.70. The lowest BCUT2D eigenvalue weighted by atomic mass is 10.0. The fraction of sp³-hybridized carbons (Fsp3) is 0.348. The van der Waals surface area contributed by atoms with Gasteiger partial charge in [-0.05, 0) is 32.0 Å². The summed E-state index contributed by atoms with van der Waals surface area (Å²) in [5.74, 6) is 0.0429. The Morgan fingerprint density at radius 2 is 1.77 bits per heavy atom. The molecule has 1 aliphatic rings. The first-order valence-electron chi connectivity index (χ1n) is 10.2. The molecule has 8 nitrogen and oxygen atoms in total. The zero-order valence-corrected chi connectivity index (χ0v) is 17.8. The first-order valence-corrected chi connectivity index (χ1v) is 10.2. The van der Waals surface area contributed by atoms with Gasteiger partial charge in [-0.15, -0.1) is 0 Å². The summed E-state index contributed by atoms with van der Waals surface area (Å²) >= 11 is 0. The van der Waals surface area contributed by atoms with Crippen molar-refractivity contribution in [3.05, 3.63) is 53.6 Å². The van der Waals surface area contributed by atoms with Crippen LogP contribution in [0.25, 0.3) is 0 Å². The molecule has 31 heavy (non-hydrogen) atoms. The van der Waals surface area contributed by atoms with E-state index in [0.717, 1.165) is 0 Å². The van der Waals surface area contributed by atoms with E-state index in [1.165, 1.54) is 11.9 Å². The van der Waals surface area contributed by atoms with Crippen LogP contribution in [0.2, 0.25) is 0 Å². The number of likely N-dealkylation sites (N-methyl/N-ethyl adjacent to an activating group) is 1. The molecular formula is C23H26N2O6. The second-order valence-electron chi connectivity index (χ2n) is 7.01. The lowest BCUT2D eigenvalue weighted by Crippen LogP contribution is -2.35. The molecule has 0 bridgehead atoms. The molecule has 8 heteroatoms. The number of hydrogen-bond acceptors (Lipinski definition) is 6. The number of amides is 2. The van der Waals surface area contributed by atoms with E-state index in [9.17, 15) is 14.4 Å². The van der Waals surface area contributed by atoms with Crippen LogP contribution in [0.3, 0.4) is 0 Å². The number of carbonyl (C=O) groups excluding carboxylic acids is 3. The van der Waals surface area contributed by atoms with Crippen molar-refractivity contribution in [3.8, 4) is 11.5 Å². The molecule has 0 unspecified atom stereocenters. The smallest absolute Gasteiger partial charge is 0.339 e. The number of benzene rings is 2. The summed E-state index contributed by atoms with van der Waals surface area (Å²) in [5, 5.41) is 2.76. The van der Waals surface area contributed by atoms with Gasteiger partial charge >= 0.3 is 5.97 Å². The van der Waals surface area contributed by atoms with Crippen molar-refractivity contribution in [2.45, 2.75) is 26.4 Å². The van der Waals surface area contributed by atoms with Gasteiger partial charge in [-0.3, -0.25) is 9.59 Å². The van der Waals surface area contributed by atoms with Crippen LogP contribution in [0.15, 0.2) is 42.5 Å². The third kappa shape index (κ3) is 5.33. The summed E-state index contributed by atoms with van der Waals surface area (Å²) in [4.78, 5) is 38.2. The Bertz CT molecular complexity index is 974. The molecule has 2 aromatic carbocycles. The molecule has 0 aromatic heterocycles. The van der Waals surface area contributed by atoms with Crippen LogP contribution in [0.5, 0.6) is 11.5 Å². The molecule has 1 heterocycles. The maximum absolute atomic E-state index is 12.6. The molecule has 0 saturated heterocycles. The van der Waals surface area contributed by atoms with Crippen LogP contribution in [0.4, 0.5) is 5.69 Å². The van der Waals surface area contributed by atoms with E-state index in [4.69, 9.17) is 14.2 Å². The van der Waals surface area contributed by atoms with Gasteiger partial charge in [-0.25, -0.2) is 4.79 Å². The van der Waals surface area contributed by atoms with Crippen molar-refractivity contribution in [2.24, 2.45) is 0 Å². The van der Waals surface area contributed by atoms with Gasteiger partial charge in [-0.1, -0.05) is 18.2 Å². The highest BCUT2D eigenvalue weighted by atomic mass is 16.5. The number of esters is 1. The molecule has 1 aliphatic heterocycles. The van der Waals surface area contributed by atoms with Gasteiger partial charge < -0.3 is 24.4 Å². The standard InChI is InChI=1S/C23H26N2O6/c1-4-29-18-11-10-15(12-20(18)30-5-2)24-21(26)14-25(3)22(27)13-19-16-8-6-7-9-17(16)23(28)31-19/h6-12,19H,4-5,13-14H2,1-3H3,(H,24,26)/t19-/m1/s1. The number of anilines is 1. The first kappa shape index (κ1) is 22.1. The summed E-state index contributed by atoms with van der Waals surface area (Å²) < 4.78 is 16.4. The molecule has 1 atom stereocenters. The minimum Gasteiger partial charge on any atom is -0.490 e. The number of nitrogens with zero attached hydrogens (tertiary/aromatic N) is 1. The summed E-state index contributed by atoms with van der Waals surface area (Å²) in [6.45, 7) is 4.56. The normalized spacial score (nSPS) is 14.4. The molecule has 0 fully saturated rings. The second-order valence-corrected chi connectivity index (χ2v) is 7.01. The zero-order valence-electron chi connectivity index (χ0n) is 17.8. The zero-order chi connectivity index (χ0) is 22.4. The quantitative estimate of drug-likeness (QED) is 0.619. The molecule has 2 amide bonds. The largest absolute Gasteiger partial charge is 0.490 e. The highest BCUT2D eigenvalue weighted by Crippen LogP contribution is 2.33. The Labute approximate surface area is 181 Å². The average molecular weight is 426 g/mol. The predicted octanol–water partition coefficient (Wildman–Crippen LogP) is 3.18. The van der Waals surface area contributed by atoms with Crippen molar-refractivity contribution in [1.29, 1.82) is 0 Å². The van der Waals surface area contributed by atoms with Crippen molar-refractivity contribution in [3.63, 3.8) is 0 Å². The van der Waals surface area contributed by atoms with E-state index in [-0.39, 0.29) is 24.8 Å². The van der Waals surface area contributed by atoms with Crippen LogP contribution in [0, 0.1) is 0 Å². The van der Waals surface area contributed by atoms with Crippen molar-refractivity contribution in [2.75, 3.05) is 32.1 Å². The second kappa shape index (κ2) is 9.97. The number of carbonyl (C=O) groups is 3. The van der Waals surface area contributed by atoms with Gasteiger partial charge in [-0.2, -0.15) is 0 Å². The third-order valence-electron chi connectivity index (χ3n) is 4.77. The van der Waals surface area contributed by atoms with Crippen molar-refractivity contribution < 1.29 is 28.6 Å². The molecule has 1 N–H and O–H groups in total. The molecular weight excluding hydrogens is 400 g/mol. The number of ether oxygens (including phenoxy) is 3. The number of cyclic esters (lactones) is 1. The van der Waals surface area contributed by atoms with E-state index in [1.807, 2.05) is 13.8 Å². The van der Waals surface area contributed by atoms with Crippen molar-refractivity contribution >= 4 is 23.5 Å². The Kier molecular flexibility index (Phi) is 7.12. The number of nitrogens with one attached hydrogen (secondary N) is 1. The molecule has 0 radical (unpaired) electrons. The average Bonchev–Trinajstić information content (AvgIpc) is 3.06. The van der Waals surface area contributed by atoms with Gasteiger partial charge in [0.1, 0.15) is 6.10 Å². The van der Waals surface area contributed by atoms with Gasteiger partial charge in [0.05, 0.1) is 31.7 Å². The molecule has 3 rings (SSSR count). The van der Waals surface area contributed by atoms with Crippen LogP contribution in [-0.4, -0.2) is 49.5 Å². The number of hydrogen-bond donors (Lipinski definition) is 1. The van der Waals surface area contributed by atoms with Gasteiger partial charge in [0, 0.05) is 24.4 Å². The maximum atomic E-state index is 12.6. The summed E-state index contributed by atoms with van der Waals surface area (Å²) in [7, 11) is 1.54. The Morgan fingerprint density at radius 1 is 1.06 bits per heavy atom. The number of rotatable bonds is 9. The Hall–Kier alpha value is -3.55. The molecule has 0 aliphatic carbocycles. The lowest BCUT2D eigenvalue weighted by molar-refractivity contribution is -0.135. The van der Waals surface area contributed by atoms with E-state index in [0.29, 0.717) is 41.5 Å². The Balaban J connectivity index is 1.57. The fourth-order valence-corrected chi connectivity index (χ4v) is 3.32. The highest BCUT2D eigenvalue weighted by molar-refractivity contribution is 5.96. The summed E-state index contributed by atoms with van der Waals surface area (Å²) in [6.07, 6.45) is -0.661. The van der Waals surface area contributed by atoms with Gasteiger partial charge in [0.25, 0.3) is 0 Å². The SMILES string of the molecule is CCOc1ccc(NC(=O)CN(C)C(=O)C[C@H]2OC(=O)c3ccccc32)cc1OCC. The number of fused-ring (bicyclic) bond motifs is 1. The summed E-state index contributed by atoms with van der Waals surface area (Å²) in [6, 6.07) is 12.1. The fourth-order valence-electron chi connectivity index (χ4n) is 3.32. The van der Waals surface area contributed by atoms with E-state index >= 15 is 0 Å². The van der Waals surface area contributed by atoms with Crippen LogP contribution >= 0.6 is 0 Å². The molecule has 0 spiro atoms. The maximum Gasteiger partial charge on any atom is 0.339 e. The van der Waals surface area contributed by atoms with Crippen LogP contribution < -0.4 is 14.8 Å². The highest BCUT2D eigenvalue weighted by Gasteiger charge is 2.33. The lowest BCUT2D eigenvalue weighted by Gasteiger charge is -2.19. The van der Waals surface area contributed by atoms with Gasteiger partial charge in [0.15, 0.2) is 11.5 Å². The Morgan fingerprint density at radius 3 is 2.52 bits per heavy atom. The topological polar surface area (TPSA) is 94.2 Å². The predicted molar refractivity (Wildman–Crippen MR) is 114 cm³/mol. The molecule has 0 saturated carbocycles. The van der Waals surface area contributed by atoms with E-state index in [1.54, 1.807) is 42.5 Å². The first-order chi connectivity index (χ1) is 14.9. The van der Waals surface area contributed by atoms with E-state index < -0.39 is 12.1 Å². The van der Waals surface area contributed by atoms with Crippen LogP contribution in [0.1, 0.15) is 42.3 Å². The molecule has 164 valence electrons. The van der Waals surface area contributed by atoms with E-state index in [2.05, 4.69) is 5.32 Å². The minimum atomic E-state index is -0.637. The molecule has 2 aromatic rings.